The van der Waals surface area contributed by atoms with E-state index >= 15 is 0 Å². The number of anilines is 1. The zero-order chi connectivity index (χ0) is 19.1. The van der Waals surface area contributed by atoms with Crippen molar-refractivity contribution < 1.29 is 4.79 Å². The van der Waals surface area contributed by atoms with Crippen LogP contribution in [0, 0.1) is 0 Å². The van der Waals surface area contributed by atoms with Crippen molar-refractivity contribution in [1.29, 1.82) is 0 Å². The summed E-state index contributed by atoms with van der Waals surface area (Å²) in [6.07, 6.45) is 8.65. The second-order valence-electron chi connectivity index (χ2n) is 7.77. The normalized spacial score (nSPS) is 20.6. The van der Waals surface area contributed by atoms with Gasteiger partial charge in [-0.05, 0) is 67.4 Å². The first kappa shape index (κ1) is 18.1. The number of hydrogen-bond acceptors (Lipinski definition) is 5. The summed E-state index contributed by atoms with van der Waals surface area (Å²) < 4.78 is 1.16. The molecule has 2 aromatic heterocycles. The Morgan fingerprint density at radius 3 is 2.96 bits per heavy atom. The van der Waals surface area contributed by atoms with E-state index in [0.717, 1.165) is 38.5 Å². The molecule has 5 heteroatoms. The molecule has 0 spiro atoms. The number of allylic oxidation sites excluding steroid dienone is 1. The number of nitrogens with zero attached hydrogens (tertiary/aromatic N) is 1. The summed E-state index contributed by atoms with van der Waals surface area (Å²) in [5.41, 5.74) is 9.76. The van der Waals surface area contributed by atoms with Gasteiger partial charge in [0.1, 0.15) is 0 Å². The highest BCUT2D eigenvalue weighted by Crippen LogP contribution is 2.41. The quantitative estimate of drug-likeness (QED) is 0.557. The SMILES string of the molecule is Nc1sc2ccc(C(=O)c3cccs3)cc2c1C1=CCN2CCCCC2CC1. The van der Waals surface area contributed by atoms with Crippen LogP contribution in [0.25, 0.3) is 15.7 Å². The van der Waals surface area contributed by atoms with Crippen LogP contribution in [0.3, 0.4) is 0 Å². The maximum Gasteiger partial charge on any atom is 0.202 e. The van der Waals surface area contributed by atoms with Gasteiger partial charge < -0.3 is 5.73 Å². The Bertz CT molecular complexity index is 1050. The Labute approximate surface area is 173 Å². The number of rotatable bonds is 3. The summed E-state index contributed by atoms with van der Waals surface area (Å²) >= 11 is 3.13. The molecule has 1 fully saturated rings. The minimum absolute atomic E-state index is 0.0969. The van der Waals surface area contributed by atoms with Crippen molar-refractivity contribution in [3.63, 3.8) is 0 Å². The van der Waals surface area contributed by atoms with Crippen LogP contribution in [-0.2, 0) is 0 Å². The van der Waals surface area contributed by atoms with E-state index < -0.39 is 0 Å². The van der Waals surface area contributed by atoms with Gasteiger partial charge in [-0.3, -0.25) is 9.69 Å². The lowest BCUT2D eigenvalue weighted by Gasteiger charge is -2.33. The van der Waals surface area contributed by atoms with Crippen LogP contribution in [-0.4, -0.2) is 29.8 Å². The molecule has 1 saturated heterocycles. The topological polar surface area (TPSA) is 46.3 Å². The number of nitrogen functional groups attached to an aromatic ring is 1. The van der Waals surface area contributed by atoms with Gasteiger partial charge in [-0.1, -0.05) is 18.6 Å². The van der Waals surface area contributed by atoms with Crippen LogP contribution in [0.15, 0.2) is 41.8 Å². The van der Waals surface area contributed by atoms with E-state index in [1.165, 1.54) is 54.7 Å². The molecule has 3 aromatic rings. The van der Waals surface area contributed by atoms with Crippen molar-refractivity contribution in [3.05, 3.63) is 57.8 Å². The van der Waals surface area contributed by atoms with E-state index in [4.69, 9.17) is 5.73 Å². The Morgan fingerprint density at radius 2 is 2.11 bits per heavy atom. The van der Waals surface area contributed by atoms with E-state index in [-0.39, 0.29) is 5.78 Å². The van der Waals surface area contributed by atoms with Crippen molar-refractivity contribution in [2.75, 3.05) is 18.8 Å². The van der Waals surface area contributed by atoms with Gasteiger partial charge >= 0.3 is 0 Å². The van der Waals surface area contributed by atoms with Crippen molar-refractivity contribution >= 4 is 49.1 Å². The van der Waals surface area contributed by atoms with E-state index in [0.29, 0.717) is 6.04 Å². The van der Waals surface area contributed by atoms with Crippen LogP contribution in [0.1, 0.15) is 52.9 Å². The number of piperidine rings is 1. The molecule has 1 aromatic carbocycles. The molecule has 2 aliphatic heterocycles. The minimum atomic E-state index is 0.0969. The fraction of sp³-hybridized carbons (Fsp3) is 0.348. The average Bonchev–Trinajstić information content (AvgIpc) is 3.30. The zero-order valence-corrected chi connectivity index (χ0v) is 17.5. The molecular weight excluding hydrogens is 384 g/mol. The average molecular weight is 409 g/mol. The van der Waals surface area contributed by atoms with Gasteiger partial charge in [-0.25, -0.2) is 0 Å². The van der Waals surface area contributed by atoms with Crippen molar-refractivity contribution in [2.45, 2.75) is 38.1 Å². The first-order valence-electron chi connectivity index (χ1n) is 10.0. The standard InChI is InChI=1S/C23H24N2OS2/c24-23-21(15-6-8-17-4-1-2-11-25(17)12-10-15)18-14-16(7-9-19(18)28-23)22(26)20-5-3-13-27-20/h3,5,7,9-10,13-14,17H,1-2,4,6,8,11-12,24H2. The molecule has 0 bridgehead atoms. The summed E-state index contributed by atoms with van der Waals surface area (Å²) in [5, 5.41) is 3.96. The number of carbonyl (C=O) groups is 1. The number of nitrogens with two attached hydrogens (primary N) is 1. The zero-order valence-electron chi connectivity index (χ0n) is 15.8. The predicted molar refractivity (Wildman–Crippen MR) is 120 cm³/mol. The third-order valence-electron chi connectivity index (χ3n) is 6.11. The number of fused-ring (bicyclic) bond motifs is 2. The molecular formula is C23H24N2OS2. The number of carbonyl (C=O) groups excluding carboxylic acids is 1. The lowest BCUT2D eigenvalue weighted by atomic mass is 9.94. The summed E-state index contributed by atoms with van der Waals surface area (Å²) in [5.74, 6) is 0.0969. The Morgan fingerprint density at radius 1 is 1.18 bits per heavy atom. The molecule has 144 valence electrons. The first-order valence-corrected chi connectivity index (χ1v) is 11.7. The Balaban J connectivity index is 1.53. The molecule has 0 radical (unpaired) electrons. The van der Waals surface area contributed by atoms with Gasteiger partial charge in [0, 0.05) is 33.8 Å². The van der Waals surface area contributed by atoms with Crippen molar-refractivity contribution in [3.8, 4) is 0 Å². The van der Waals surface area contributed by atoms with Crippen LogP contribution < -0.4 is 5.73 Å². The number of ketones is 1. The summed E-state index contributed by atoms with van der Waals surface area (Å²) in [4.78, 5) is 16.3. The van der Waals surface area contributed by atoms with Crippen molar-refractivity contribution in [1.82, 2.24) is 4.90 Å². The lowest BCUT2D eigenvalue weighted by molar-refractivity contribution is 0.104. The third kappa shape index (κ3) is 3.21. The Kier molecular flexibility index (Phi) is 4.83. The highest BCUT2D eigenvalue weighted by atomic mass is 32.1. The minimum Gasteiger partial charge on any atom is -0.390 e. The van der Waals surface area contributed by atoms with Gasteiger partial charge in [0.15, 0.2) is 0 Å². The molecule has 2 N–H and O–H groups in total. The van der Waals surface area contributed by atoms with E-state index in [2.05, 4.69) is 23.1 Å². The summed E-state index contributed by atoms with van der Waals surface area (Å²) in [7, 11) is 0. The van der Waals surface area contributed by atoms with E-state index in [1.807, 2.05) is 23.6 Å². The largest absolute Gasteiger partial charge is 0.390 e. The molecule has 0 saturated carbocycles. The van der Waals surface area contributed by atoms with Crippen LogP contribution >= 0.6 is 22.7 Å². The number of hydrogen-bond donors (Lipinski definition) is 1. The second-order valence-corrected chi connectivity index (χ2v) is 9.80. The summed E-state index contributed by atoms with van der Waals surface area (Å²) in [6.45, 7) is 2.23. The maximum absolute atomic E-state index is 12.8. The molecule has 0 aliphatic carbocycles. The lowest BCUT2D eigenvalue weighted by Crippen LogP contribution is -2.38. The number of thiophene rings is 2. The number of benzene rings is 1. The van der Waals surface area contributed by atoms with E-state index in [9.17, 15) is 4.79 Å². The molecule has 3 nitrogen and oxygen atoms in total. The smallest absolute Gasteiger partial charge is 0.202 e. The van der Waals surface area contributed by atoms with Crippen molar-refractivity contribution in [2.24, 2.45) is 0 Å². The van der Waals surface area contributed by atoms with E-state index in [1.54, 1.807) is 11.3 Å². The summed E-state index contributed by atoms with van der Waals surface area (Å²) in [6, 6.07) is 10.6. The molecule has 4 heterocycles. The monoisotopic (exact) mass is 408 g/mol. The highest BCUT2D eigenvalue weighted by molar-refractivity contribution is 7.23. The van der Waals surface area contributed by atoms with Gasteiger partial charge in [0.05, 0.1) is 9.88 Å². The molecule has 0 amide bonds. The maximum atomic E-state index is 12.8. The van der Waals surface area contributed by atoms with Gasteiger partial charge in [-0.15, -0.1) is 22.7 Å². The van der Waals surface area contributed by atoms with Gasteiger partial charge in [-0.2, -0.15) is 0 Å². The molecule has 5 rings (SSSR count). The molecule has 2 aliphatic rings. The first-order chi connectivity index (χ1) is 13.7. The molecule has 28 heavy (non-hydrogen) atoms. The predicted octanol–water partition coefficient (Wildman–Crippen LogP) is 5.81. The fourth-order valence-electron chi connectivity index (χ4n) is 4.65. The molecule has 1 atom stereocenters. The van der Waals surface area contributed by atoms with Crippen LogP contribution in [0.2, 0.25) is 0 Å². The van der Waals surface area contributed by atoms with Crippen LogP contribution in [0.4, 0.5) is 5.00 Å². The van der Waals surface area contributed by atoms with Gasteiger partial charge in [0.25, 0.3) is 0 Å². The third-order valence-corrected chi connectivity index (χ3v) is 7.98. The Hall–Kier alpha value is -1.95. The fourth-order valence-corrected chi connectivity index (χ4v) is 6.32. The second kappa shape index (κ2) is 7.47. The highest BCUT2D eigenvalue weighted by Gasteiger charge is 2.26. The molecule has 1 unspecified atom stereocenters. The van der Waals surface area contributed by atoms with Gasteiger partial charge in [0.2, 0.25) is 5.78 Å². The van der Waals surface area contributed by atoms with Crippen LogP contribution in [0.5, 0.6) is 0 Å².